The third-order valence-corrected chi connectivity index (χ3v) is 2.96. The predicted octanol–water partition coefficient (Wildman–Crippen LogP) is 1.98. The molecule has 0 spiro atoms. The van der Waals surface area contributed by atoms with Gasteiger partial charge in [-0.05, 0) is 37.1 Å². The Balaban J connectivity index is 2.00. The van der Waals surface area contributed by atoms with Crippen molar-refractivity contribution in [2.75, 3.05) is 0 Å². The summed E-state index contributed by atoms with van der Waals surface area (Å²) < 4.78 is 14.9. The molecule has 96 valence electrons. The van der Waals surface area contributed by atoms with E-state index in [-0.39, 0.29) is 11.9 Å². The van der Waals surface area contributed by atoms with Gasteiger partial charge >= 0.3 is 0 Å². The minimum atomic E-state index is -0.212. The van der Waals surface area contributed by atoms with E-state index in [1.165, 1.54) is 12.1 Å². The number of hydrogen-bond donors (Lipinski definition) is 1. The molecular weight excluding hydrogens is 229 g/mol. The lowest BCUT2D eigenvalue weighted by atomic mass is 10.0. The van der Waals surface area contributed by atoms with E-state index in [2.05, 4.69) is 5.10 Å². The lowest BCUT2D eigenvalue weighted by Crippen LogP contribution is -2.26. The van der Waals surface area contributed by atoms with Crippen LogP contribution in [0.4, 0.5) is 4.39 Å². The van der Waals surface area contributed by atoms with Crippen molar-refractivity contribution in [3.05, 3.63) is 53.1 Å². The average molecular weight is 247 g/mol. The Bertz CT molecular complexity index is 534. The molecule has 1 atom stereocenters. The molecule has 0 aliphatic heterocycles. The molecule has 0 saturated carbocycles. The molecule has 0 fully saturated rings. The van der Waals surface area contributed by atoms with Crippen LogP contribution in [0.3, 0.4) is 0 Å². The number of aryl methyl sites for hydroxylation is 2. The molecule has 0 amide bonds. The lowest BCUT2D eigenvalue weighted by molar-refractivity contribution is 0.602. The average Bonchev–Trinajstić information content (AvgIpc) is 2.57. The van der Waals surface area contributed by atoms with Crippen molar-refractivity contribution in [2.45, 2.75) is 25.8 Å². The van der Waals surface area contributed by atoms with E-state index in [9.17, 15) is 4.39 Å². The van der Waals surface area contributed by atoms with Gasteiger partial charge in [0.25, 0.3) is 0 Å². The second kappa shape index (κ2) is 5.31. The van der Waals surface area contributed by atoms with E-state index in [0.717, 1.165) is 23.4 Å². The molecule has 2 aromatic rings. The van der Waals surface area contributed by atoms with Gasteiger partial charge in [0.05, 0.1) is 5.69 Å². The van der Waals surface area contributed by atoms with Gasteiger partial charge in [-0.2, -0.15) is 5.10 Å². The molecule has 1 aromatic heterocycles. The highest BCUT2D eigenvalue weighted by Gasteiger charge is 2.09. The second-order valence-electron chi connectivity index (χ2n) is 4.70. The number of halogens is 1. The Morgan fingerprint density at radius 1 is 1.33 bits per heavy atom. The number of nitrogens with zero attached hydrogens (tertiary/aromatic N) is 2. The van der Waals surface area contributed by atoms with Crippen LogP contribution in [0.15, 0.2) is 30.3 Å². The third kappa shape index (κ3) is 3.17. The molecule has 4 heteroatoms. The molecular formula is C14H18FN3. The van der Waals surface area contributed by atoms with Crippen molar-refractivity contribution in [1.29, 1.82) is 0 Å². The fraction of sp³-hybridized carbons (Fsp3) is 0.357. The minimum absolute atomic E-state index is 0.0263. The maximum atomic E-state index is 13.1. The highest BCUT2D eigenvalue weighted by molar-refractivity contribution is 5.18. The van der Waals surface area contributed by atoms with Crippen LogP contribution in [-0.4, -0.2) is 15.8 Å². The first-order chi connectivity index (χ1) is 8.54. The Hall–Kier alpha value is -1.68. The van der Waals surface area contributed by atoms with Gasteiger partial charge in [0.2, 0.25) is 0 Å². The van der Waals surface area contributed by atoms with Gasteiger partial charge in [-0.25, -0.2) is 4.39 Å². The Morgan fingerprint density at radius 2 is 2.11 bits per heavy atom. The van der Waals surface area contributed by atoms with E-state index in [0.29, 0.717) is 6.42 Å². The van der Waals surface area contributed by atoms with Crippen LogP contribution in [0.25, 0.3) is 0 Å². The predicted molar refractivity (Wildman–Crippen MR) is 69.7 cm³/mol. The molecule has 0 radical (unpaired) electrons. The molecule has 0 saturated heterocycles. The van der Waals surface area contributed by atoms with Crippen molar-refractivity contribution in [3.63, 3.8) is 0 Å². The van der Waals surface area contributed by atoms with Crippen LogP contribution < -0.4 is 5.73 Å². The summed E-state index contributed by atoms with van der Waals surface area (Å²) >= 11 is 0. The van der Waals surface area contributed by atoms with Crippen molar-refractivity contribution >= 4 is 0 Å². The zero-order chi connectivity index (χ0) is 13.1. The molecule has 0 aliphatic rings. The fourth-order valence-corrected chi connectivity index (χ4v) is 2.16. The maximum absolute atomic E-state index is 13.1. The first kappa shape index (κ1) is 12.8. The summed E-state index contributed by atoms with van der Waals surface area (Å²) in [4.78, 5) is 0. The molecule has 1 aromatic carbocycles. The molecule has 0 bridgehead atoms. The summed E-state index contributed by atoms with van der Waals surface area (Å²) in [5, 5.41) is 4.29. The third-order valence-electron chi connectivity index (χ3n) is 2.96. The summed E-state index contributed by atoms with van der Waals surface area (Å²) in [6, 6.07) is 8.60. The van der Waals surface area contributed by atoms with Crippen molar-refractivity contribution < 1.29 is 4.39 Å². The standard InChI is InChI=1S/C14H18FN3/c1-10-6-14(18(2)17-10)9-13(16)8-11-4-3-5-12(15)7-11/h3-7,13H,8-9,16H2,1-2H3. The van der Waals surface area contributed by atoms with Crippen LogP contribution in [0.1, 0.15) is 17.0 Å². The van der Waals surface area contributed by atoms with Crippen molar-refractivity contribution in [2.24, 2.45) is 12.8 Å². The van der Waals surface area contributed by atoms with Crippen molar-refractivity contribution in [3.8, 4) is 0 Å². The number of aromatic nitrogens is 2. The summed E-state index contributed by atoms with van der Waals surface area (Å²) in [6.45, 7) is 1.96. The van der Waals surface area contributed by atoms with Crippen LogP contribution in [0.5, 0.6) is 0 Å². The van der Waals surface area contributed by atoms with Crippen LogP contribution in [0.2, 0.25) is 0 Å². The van der Waals surface area contributed by atoms with Gasteiger partial charge in [-0.3, -0.25) is 4.68 Å². The zero-order valence-electron chi connectivity index (χ0n) is 10.7. The summed E-state index contributed by atoms with van der Waals surface area (Å²) in [5.41, 5.74) is 9.13. The molecule has 1 heterocycles. The SMILES string of the molecule is Cc1cc(CC(N)Cc2cccc(F)c2)n(C)n1. The van der Waals surface area contributed by atoms with Crippen molar-refractivity contribution in [1.82, 2.24) is 9.78 Å². The van der Waals surface area contributed by atoms with E-state index >= 15 is 0 Å². The number of hydrogen-bond acceptors (Lipinski definition) is 2. The van der Waals surface area contributed by atoms with Gasteiger partial charge in [0, 0.05) is 25.2 Å². The minimum Gasteiger partial charge on any atom is -0.327 e. The smallest absolute Gasteiger partial charge is 0.123 e. The number of rotatable bonds is 4. The lowest BCUT2D eigenvalue weighted by Gasteiger charge is -2.11. The van der Waals surface area contributed by atoms with Gasteiger partial charge in [0.1, 0.15) is 5.82 Å². The first-order valence-electron chi connectivity index (χ1n) is 6.04. The molecule has 0 aliphatic carbocycles. The molecule has 18 heavy (non-hydrogen) atoms. The molecule has 1 unspecified atom stereocenters. The van der Waals surface area contributed by atoms with Gasteiger partial charge < -0.3 is 5.73 Å². The first-order valence-corrected chi connectivity index (χ1v) is 6.04. The van der Waals surface area contributed by atoms with Crippen LogP contribution >= 0.6 is 0 Å². The van der Waals surface area contributed by atoms with Gasteiger partial charge in [-0.1, -0.05) is 12.1 Å². The Kier molecular flexibility index (Phi) is 3.77. The molecule has 2 rings (SSSR count). The Labute approximate surface area is 106 Å². The van der Waals surface area contributed by atoms with E-state index in [1.54, 1.807) is 6.07 Å². The summed E-state index contributed by atoms with van der Waals surface area (Å²) in [7, 11) is 1.91. The molecule has 2 N–H and O–H groups in total. The zero-order valence-corrected chi connectivity index (χ0v) is 10.7. The summed E-state index contributed by atoms with van der Waals surface area (Å²) in [5.74, 6) is -0.212. The quantitative estimate of drug-likeness (QED) is 0.897. The normalized spacial score (nSPS) is 12.7. The highest BCUT2D eigenvalue weighted by atomic mass is 19.1. The van der Waals surface area contributed by atoms with E-state index < -0.39 is 0 Å². The van der Waals surface area contributed by atoms with E-state index in [1.807, 2.05) is 30.8 Å². The van der Waals surface area contributed by atoms with Crippen LogP contribution in [-0.2, 0) is 19.9 Å². The maximum Gasteiger partial charge on any atom is 0.123 e. The molecule has 3 nitrogen and oxygen atoms in total. The topological polar surface area (TPSA) is 43.8 Å². The summed E-state index contributed by atoms with van der Waals surface area (Å²) in [6.07, 6.45) is 1.41. The highest BCUT2D eigenvalue weighted by Crippen LogP contribution is 2.10. The fourth-order valence-electron chi connectivity index (χ4n) is 2.16. The Morgan fingerprint density at radius 3 is 2.72 bits per heavy atom. The van der Waals surface area contributed by atoms with E-state index in [4.69, 9.17) is 5.73 Å². The number of nitrogens with two attached hydrogens (primary N) is 1. The largest absolute Gasteiger partial charge is 0.327 e. The van der Waals surface area contributed by atoms with Gasteiger partial charge in [0.15, 0.2) is 0 Å². The second-order valence-corrected chi connectivity index (χ2v) is 4.70. The van der Waals surface area contributed by atoms with Gasteiger partial charge in [-0.15, -0.1) is 0 Å². The van der Waals surface area contributed by atoms with Crippen LogP contribution in [0, 0.1) is 12.7 Å². The monoisotopic (exact) mass is 247 g/mol. The number of benzene rings is 1.